The third-order valence-electron chi connectivity index (χ3n) is 3.34. The number of carboxylic acid groups (broad SMARTS) is 1. The van der Waals surface area contributed by atoms with Crippen molar-refractivity contribution in [1.82, 2.24) is 14.6 Å². The Balaban J connectivity index is 2.11. The van der Waals surface area contributed by atoms with Crippen LogP contribution in [0.15, 0.2) is 42.9 Å². The third kappa shape index (κ3) is 3.01. The number of hydrogen-bond donors (Lipinski definition) is 1. The SMILES string of the molecule is O=C(O)Cc1ccc(-c2cnc3ccnn3c2)cc1C(F)(F)F. The van der Waals surface area contributed by atoms with Crippen LogP contribution < -0.4 is 0 Å². The molecule has 1 N–H and O–H groups in total. The van der Waals surface area contributed by atoms with Crippen LogP contribution >= 0.6 is 0 Å². The normalized spacial score (nSPS) is 11.8. The van der Waals surface area contributed by atoms with Crippen molar-refractivity contribution in [2.75, 3.05) is 0 Å². The Hall–Kier alpha value is -2.90. The van der Waals surface area contributed by atoms with Crippen molar-refractivity contribution in [2.24, 2.45) is 0 Å². The molecule has 0 atom stereocenters. The molecule has 0 unspecified atom stereocenters. The molecule has 23 heavy (non-hydrogen) atoms. The van der Waals surface area contributed by atoms with Gasteiger partial charge in [0.2, 0.25) is 0 Å². The van der Waals surface area contributed by atoms with E-state index in [2.05, 4.69) is 10.1 Å². The summed E-state index contributed by atoms with van der Waals surface area (Å²) in [4.78, 5) is 14.8. The molecule has 5 nitrogen and oxygen atoms in total. The summed E-state index contributed by atoms with van der Waals surface area (Å²) in [6.45, 7) is 0. The van der Waals surface area contributed by atoms with Gasteiger partial charge in [-0.05, 0) is 17.2 Å². The zero-order chi connectivity index (χ0) is 16.6. The molecule has 0 aliphatic heterocycles. The summed E-state index contributed by atoms with van der Waals surface area (Å²) in [5.74, 6) is -1.32. The minimum Gasteiger partial charge on any atom is -0.481 e. The molecule has 118 valence electrons. The monoisotopic (exact) mass is 321 g/mol. The fourth-order valence-corrected chi connectivity index (χ4v) is 2.30. The zero-order valence-corrected chi connectivity index (χ0v) is 11.6. The first-order chi connectivity index (χ1) is 10.8. The van der Waals surface area contributed by atoms with Crippen molar-refractivity contribution in [3.05, 3.63) is 54.0 Å². The molecule has 1 aromatic carbocycles. The van der Waals surface area contributed by atoms with Crippen molar-refractivity contribution in [1.29, 1.82) is 0 Å². The van der Waals surface area contributed by atoms with Gasteiger partial charge in [0, 0.05) is 24.0 Å². The standard InChI is InChI=1S/C15H10F3N3O2/c16-15(17,18)12-5-9(1-2-10(12)6-14(22)23)11-7-19-13-3-4-20-21(13)8-11/h1-5,7-8H,6H2,(H,22,23). The van der Waals surface area contributed by atoms with Gasteiger partial charge in [0.15, 0.2) is 5.65 Å². The maximum absolute atomic E-state index is 13.2. The Kier molecular flexibility index (Phi) is 3.51. The number of carbonyl (C=O) groups is 1. The van der Waals surface area contributed by atoms with E-state index >= 15 is 0 Å². The molecule has 0 saturated heterocycles. The van der Waals surface area contributed by atoms with Crippen molar-refractivity contribution in [3.63, 3.8) is 0 Å². The highest BCUT2D eigenvalue weighted by Crippen LogP contribution is 2.35. The number of aromatic nitrogens is 3. The molecule has 0 saturated carbocycles. The van der Waals surface area contributed by atoms with Gasteiger partial charge in [0.25, 0.3) is 0 Å². The number of aliphatic carboxylic acids is 1. The van der Waals surface area contributed by atoms with Crippen LogP contribution in [0.25, 0.3) is 16.8 Å². The molecular weight excluding hydrogens is 311 g/mol. The summed E-state index contributed by atoms with van der Waals surface area (Å²) in [5, 5.41) is 12.7. The van der Waals surface area contributed by atoms with Crippen molar-refractivity contribution in [3.8, 4) is 11.1 Å². The largest absolute Gasteiger partial charge is 0.481 e. The van der Waals surface area contributed by atoms with Gasteiger partial charge >= 0.3 is 12.1 Å². The number of alkyl halides is 3. The van der Waals surface area contributed by atoms with E-state index in [4.69, 9.17) is 5.11 Å². The lowest BCUT2D eigenvalue weighted by Crippen LogP contribution is -2.12. The Morgan fingerprint density at radius 3 is 2.70 bits per heavy atom. The van der Waals surface area contributed by atoms with E-state index in [1.807, 2.05) is 0 Å². The fraction of sp³-hybridized carbons (Fsp3) is 0.133. The first-order valence-electron chi connectivity index (χ1n) is 6.56. The lowest BCUT2D eigenvalue weighted by molar-refractivity contribution is -0.139. The van der Waals surface area contributed by atoms with Gasteiger partial charge in [-0.3, -0.25) is 4.79 Å². The molecule has 0 radical (unpaired) electrons. The van der Waals surface area contributed by atoms with Gasteiger partial charge in [-0.1, -0.05) is 12.1 Å². The predicted octanol–water partition coefficient (Wildman–Crippen LogP) is 3.04. The minimum atomic E-state index is -4.63. The minimum absolute atomic E-state index is 0.276. The summed E-state index contributed by atoms with van der Waals surface area (Å²) in [5.41, 5.74) is 0.0806. The molecule has 8 heteroatoms. The summed E-state index contributed by atoms with van der Waals surface area (Å²) in [7, 11) is 0. The highest BCUT2D eigenvalue weighted by molar-refractivity contribution is 5.72. The number of carboxylic acids is 1. The molecule has 0 amide bonds. The van der Waals surface area contributed by atoms with Crippen LogP contribution in [0.5, 0.6) is 0 Å². The average molecular weight is 321 g/mol. The van der Waals surface area contributed by atoms with Crippen LogP contribution in [-0.4, -0.2) is 25.7 Å². The van der Waals surface area contributed by atoms with E-state index in [0.717, 1.165) is 6.07 Å². The fourth-order valence-electron chi connectivity index (χ4n) is 2.30. The number of nitrogens with zero attached hydrogens (tertiary/aromatic N) is 3. The second kappa shape index (κ2) is 5.38. The van der Waals surface area contributed by atoms with E-state index in [0.29, 0.717) is 11.2 Å². The molecule has 2 heterocycles. The van der Waals surface area contributed by atoms with Crippen LogP contribution in [0.2, 0.25) is 0 Å². The average Bonchev–Trinajstić information content (AvgIpc) is 2.93. The highest BCUT2D eigenvalue weighted by atomic mass is 19.4. The molecule has 3 rings (SSSR count). The van der Waals surface area contributed by atoms with Crippen LogP contribution in [-0.2, 0) is 17.4 Å². The van der Waals surface area contributed by atoms with Crippen molar-refractivity contribution < 1.29 is 23.1 Å². The molecule has 3 aromatic rings. The smallest absolute Gasteiger partial charge is 0.416 e. The maximum Gasteiger partial charge on any atom is 0.416 e. The summed E-state index contributed by atoms with van der Waals surface area (Å²) in [6, 6.07) is 5.23. The van der Waals surface area contributed by atoms with Gasteiger partial charge in [-0.15, -0.1) is 0 Å². The van der Waals surface area contributed by atoms with Crippen LogP contribution in [0, 0.1) is 0 Å². The first-order valence-corrected chi connectivity index (χ1v) is 6.56. The van der Waals surface area contributed by atoms with Crippen LogP contribution in [0.3, 0.4) is 0 Å². The van der Waals surface area contributed by atoms with Gasteiger partial charge < -0.3 is 5.11 Å². The molecular formula is C15H10F3N3O2. The number of rotatable bonds is 3. The predicted molar refractivity (Wildman–Crippen MR) is 74.8 cm³/mol. The second-order valence-corrected chi connectivity index (χ2v) is 4.92. The van der Waals surface area contributed by atoms with Gasteiger partial charge in [0.05, 0.1) is 18.2 Å². The molecule has 2 aromatic heterocycles. The lowest BCUT2D eigenvalue weighted by Gasteiger charge is -2.13. The molecule has 0 aliphatic rings. The Bertz CT molecular complexity index is 887. The molecule has 0 bridgehead atoms. The summed E-state index contributed by atoms with van der Waals surface area (Å²) in [6.07, 6.45) is -0.781. The number of hydrogen-bond acceptors (Lipinski definition) is 3. The Labute approximate surface area is 128 Å². The van der Waals surface area contributed by atoms with Gasteiger partial charge in [-0.2, -0.15) is 18.3 Å². The van der Waals surface area contributed by atoms with Crippen molar-refractivity contribution >= 4 is 11.6 Å². The number of benzene rings is 1. The second-order valence-electron chi connectivity index (χ2n) is 4.92. The quantitative estimate of drug-likeness (QED) is 0.805. The van der Waals surface area contributed by atoms with E-state index in [1.165, 1.54) is 29.0 Å². The Morgan fingerprint density at radius 2 is 2.00 bits per heavy atom. The summed E-state index contributed by atoms with van der Waals surface area (Å²) >= 11 is 0. The van der Waals surface area contributed by atoms with E-state index in [1.54, 1.807) is 12.3 Å². The topological polar surface area (TPSA) is 67.5 Å². The number of halogens is 3. The molecule has 0 aliphatic carbocycles. The summed E-state index contributed by atoms with van der Waals surface area (Å²) < 4.78 is 41.0. The third-order valence-corrected chi connectivity index (χ3v) is 3.34. The van der Waals surface area contributed by atoms with Gasteiger partial charge in [0.1, 0.15) is 0 Å². The first kappa shape index (κ1) is 15.0. The van der Waals surface area contributed by atoms with Crippen LogP contribution in [0.1, 0.15) is 11.1 Å². The maximum atomic E-state index is 13.2. The molecule has 0 spiro atoms. The highest BCUT2D eigenvalue weighted by Gasteiger charge is 2.34. The number of fused-ring (bicyclic) bond motifs is 1. The van der Waals surface area contributed by atoms with Gasteiger partial charge in [-0.25, -0.2) is 9.50 Å². The van der Waals surface area contributed by atoms with Crippen molar-refractivity contribution in [2.45, 2.75) is 12.6 Å². The molecule has 0 fully saturated rings. The Morgan fingerprint density at radius 1 is 1.22 bits per heavy atom. The lowest BCUT2D eigenvalue weighted by atomic mass is 9.98. The zero-order valence-electron chi connectivity index (χ0n) is 11.6. The van der Waals surface area contributed by atoms with E-state index in [9.17, 15) is 18.0 Å². The van der Waals surface area contributed by atoms with E-state index < -0.39 is 24.1 Å². The van der Waals surface area contributed by atoms with Crippen LogP contribution in [0.4, 0.5) is 13.2 Å². The van der Waals surface area contributed by atoms with E-state index in [-0.39, 0.29) is 11.1 Å².